The van der Waals surface area contributed by atoms with E-state index in [1.165, 1.54) is 12.8 Å². The molecule has 1 heterocycles. The number of ether oxygens (including phenoxy) is 1. The molecule has 1 aliphatic heterocycles. The summed E-state index contributed by atoms with van der Waals surface area (Å²) < 4.78 is 5.08. The van der Waals surface area contributed by atoms with E-state index in [9.17, 15) is 4.79 Å². The fourth-order valence-electron chi connectivity index (χ4n) is 1.68. The fourth-order valence-corrected chi connectivity index (χ4v) is 2.21. The molecular weight excluding hydrogens is 246 g/mol. The molecule has 1 fully saturated rings. The van der Waals surface area contributed by atoms with Crippen molar-refractivity contribution >= 4 is 21.8 Å². The van der Waals surface area contributed by atoms with E-state index in [4.69, 9.17) is 4.74 Å². The number of alkyl halides is 1. The molecule has 3 nitrogen and oxygen atoms in total. The predicted octanol–water partition coefficient (Wildman–Crippen LogP) is 1.66. The summed E-state index contributed by atoms with van der Waals surface area (Å²) in [5, 5.41) is 0.978. The molecule has 0 bridgehead atoms. The highest BCUT2D eigenvalue weighted by Gasteiger charge is 2.21. The van der Waals surface area contributed by atoms with Gasteiger partial charge in [-0.2, -0.15) is 0 Å². The van der Waals surface area contributed by atoms with E-state index in [-0.39, 0.29) is 12.5 Å². The first kappa shape index (κ1) is 12.0. The van der Waals surface area contributed by atoms with Gasteiger partial charge in [-0.3, -0.25) is 4.79 Å². The van der Waals surface area contributed by atoms with Crippen LogP contribution in [0.3, 0.4) is 0 Å². The molecule has 0 aliphatic carbocycles. The number of halogens is 1. The van der Waals surface area contributed by atoms with Crippen molar-refractivity contribution in [3.05, 3.63) is 0 Å². The molecule has 14 heavy (non-hydrogen) atoms. The molecule has 0 aromatic heterocycles. The van der Waals surface area contributed by atoms with E-state index < -0.39 is 0 Å². The molecular formula is C10H18BrNO2. The Balaban J connectivity index is 2.35. The molecule has 0 N–H and O–H groups in total. The number of nitrogens with zero attached hydrogens (tertiary/aromatic N) is 1. The summed E-state index contributed by atoms with van der Waals surface area (Å²) in [6.07, 6.45) is 2.35. The van der Waals surface area contributed by atoms with Gasteiger partial charge in [-0.05, 0) is 12.3 Å². The second kappa shape index (κ2) is 6.40. The number of rotatable bonds is 5. The van der Waals surface area contributed by atoms with E-state index in [0.29, 0.717) is 12.5 Å². The van der Waals surface area contributed by atoms with Crippen LogP contribution in [0.25, 0.3) is 0 Å². The van der Waals surface area contributed by atoms with Gasteiger partial charge in [-0.1, -0.05) is 29.3 Å². The van der Waals surface area contributed by atoms with Crippen LogP contribution in [0.15, 0.2) is 0 Å². The largest absolute Gasteiger partial charge is 0.370 e. The molecule has 1 saturated heterocycles. The van der Waals surface area contributed by atoms with E-state index in [0.717, 1.165) is 18.4 Å². The Labute approximate surface area is 93.9 Å². The summed E-state index contributed by atoms with van der Waals surface area (Å²) in [6.45, 7) is 4.76. The quantitative estimate of drug-likeness (QED) is 0.707. The van der Waals surface area contributed by atoms with Gasteiger partial charge in [0.2, 0.25) is 5.91 Å². The average molecular weight is 264 g/mol. The second-order valence-electron chi connectivity index (χ2n) is 3.70. The maximum Gasteiger partial charge on any atom is 0.248 e. The van der Waals surface area contributed by atoms with Crippen LogP contribution in [0.5, 0.6) is 0 Å². The van der Waals surface area contributed by atoms with Gasteiger partial charge < -0.3 is 9.64 Å². The first-order valence-corrected chi connectivity index (χ1v) is 6.31. The van der Waals surface area contributed by atoms with Gasteiger partial charge in [0.05, 0.1) is 6.61 Å². The number of hydrogen-bond donors (Lipinski definition) is 0. The summed E-state index contributed by atoms with van der Waals surface area (Å²) >= 11 is 3.49. The normalized spacial score (nSPS) is 19.9. The van der Waals surface area contributed by atoms with E-state index in [1.54, 1.807) is 0 Å². The molecule has 1 amide bonds. The fraction of sp³-hybridized carbons (Fsp3) is 0.900. The topological polar surface area (TPSA) is 29.5 Å². The third-order valence-electron chi connectivity index (χ3n) is 2.48. The van der Waals surface area contributed by atoms with Crippen molar-refractivity contribution in [2.45, 2.75) is 19.8 Å². The molecule has 1 unspecified atom stereocenters. The van der Waals surface area contributed by atoms with Gasteiger partial charge in [0.1, 0.15) is 6.61 Å². The Kier molecular flexibility index (Phi) is 5.48. The average Bonchev–Trinajstić information content (AvgIpc) is 2.20. The Morgan fingerprint density at radius 1 is 1.64 bits per heavy atom. The standard InChI is InChI=1S/C10H18BrNO2/c1-2-3-9(6-11)7-12-4-5-14-8-10(12)13/h9H,2-8H2,1H3. The SMILES string of the molecule is CCCC(CBr)CN1CCOCC1=O. The van der Waals surface area contributed by atoms with Gasteiger partial charge in [0, 0.05) is 18.4 Å². The van der Waals surface area contributed by atoms with Crippen LogP contribution >= 0.6 is 15.9 Å². The molecule has 1 rings (SSSR count). The lowest BCUT2D eigenvalue weighted by atomic mass is 10.1. The smallest absolute Gasteiger partial charge is 0.248 e. The summed E-state index contributed by atoms with van der Waals surface area (Å²) in [4.78, 5) is 13.4. The second-order valence-corrected chi connectivity index (χ2v) is 4.35. The van der Waals surface area contributed by atoms with Crippen LogP contribution in [0.2, 0.25) is 0 Å². The number of carbonyl (C=O) groups excluding carboxylic acids is 1. The van der Waals surface area contributed by atoms with Gasteiger partial charge in [0.15, 0.2) is 0 Å². The molecule has 0 radical (unpaired) electrons. The first-order chi connectivity index (χ1) is 6.77. The molecule has 0 aromatic rings. The first-order valence-electron chi connectivity index (χ1n) is 5.19. The zero-order chi connectivity index (χ0) is 10.4. The monoisotopic (exact) mass is 263 g/mol. The highest BCUT2D eigenvalue weighted by Crippen LogP contribution is 2.13. The van der Waals surface area contributed by atoms with Gasteiger partial charge >= 0.3 is 0 Å². The molecule has 0 saturated carbocycles. The number of hydrogen-bond acceptors (Lipinski definition) is 2. The van der Waals surface area contributed by atoms with Crippen LogP contribution in [0, 0.1) is 5.92 Å². The van der Waals surface area contributed by atoms with Crippen LogP contribution in [-0.4, -0.2) is 42.4 Å². The van der Waals surface area contributed by atoms with Crippen molar-refractivity contribution < 1.29 is 9.53 Å². The lowest BCUT2D eigenvalue weighted by Gasteiger charge is -2.29. The summed E-state index contributed by atoms with van der Waals surface area (Å²) in [5.74, 6) is 0.723. The number of carbonyl (C=O) groups is 1. The van der Waals surface area contributed by atoms with Gasteiger partial charge in [-0.25, -0.2) is 0 Å². The zero-order valence-electron chi connectivity index (χ0n) is 8.67. The van der Waals surface area contributed by atoms with Gasteiger partial charge in [0.25, 0.3) is 0 Å². The molecule has 0 spiro atoms. The van der Waals surface area contributed by atoms with Gasteiger partial charge in [-0.15, -0.1) is 0 Å². The van der Waals surface area contributed by atoms with Crippen molar-refractivity contribution in [2.24, 2.45) is 5.92 Å². The minimum Gasteiger partial charge on any atom is -0.370 e. The molecule has 4 heteroatoms. The zero-order valence-corrected chi connectivity index (χ0v) is 10.3. The number of morpholine rings is 1. The van der Waals surface area contributed by atoms with Crippen molar-refractivity contribution in [1.82, 2.24) is 4.90 Å². The van der Waals surface area contributed by atoms with Crippen LogP contribution in [0.4, 0.5) is 0 Å². The Hall–Kier alpha value is -0.0900. The Bertz CT molecular complexity index is 187. The molecule has 1 aliphatic rings. The van der Waals surface area contributed by atoms with Crippen LogP contribution < -0.4 is 0 Å². The third kappa shape index (κ3) is 3.58. The highest BCUT2D eigenvalue weighted by atomic mass is 79.9. The van der Waals surface area contributed by atoms with E-state index >= 15 is 0 Å². The highest BCUT2D eigenvalue weighted by molar-refractivity contribution is 9.09. The maximum atomic E-state index is 11.4. The summed E-state index contributed by atoms with van der Waals surface area (Å²) in [6, 6.07) is 0. The molecule has 0 aromatic carbocycles. The van der Waals surface area contributed by atoms with Crippen LogP contribution in [-0.2, 0) is 9.53 Å². The predicted molar refractivity (Wildman–Crippen MR) is 59.6 cm³/mol. The van der Waals surface area contributed by atoms with E-state index in [1.807, 2.05) is 4.90 Å². The minimum atomic E-state index is 0.137. The number of amides is 1. The van der Waals surface area contributed by atoms with Crippen LogP contribution in [0.1, 0.15) is 19.8 Å². The minimum absolute atomic E-state index is 0.137. The van der Waals surface area contributed by atoms with E-state index in [2.05, 4.69) is 22.9 Å². The van der Waals surface area contributed by atoms with Crippen molar-refractivity contribution in [2.75, 3.05) is 31.6 Å². The van der Waals surface area contributed by atoms with Crippen molar-refractivity contribution in [3.63, 3.8) is 0 Å². The Morgan fingerprint density at radius 3 is 3.00 bits per heavy atom. The maximum absolute atomic E-state index is 11.4. The molecule has 82 valence electrons. The molecule has 1 atom stereocenters. The lowest BCUT2D eigenvalue weighted by Crippen LogP contribution is -2.44. The van der Waals surface area contributed by atoms with Crippen molar-refractivity contribution in [3.8, 4) is 0 Å². The summed E-state index contributed by atoms with van der Waals surface area (Å²) in [7, 11) is 0. The Morgan fingerprint density at radius 2 is 2.43 bits per heavy atom. The summed E-state index contributed by atoms with van der Waals surface area (Å²) in [5.41, 5.74) is 0. The lowest BCUT2D eigenvalue weighted by molar-refractivity contribution is -0.143. The third-order valence-corrected chi connectivity index (χ3v) is 3.39. The van der Waals surface area contributed by atoms with Crippen molar-refractivity contribution in [1.29, 1.82) is 0 Å².